The molecule has 1 unspecified atom stereocenters. The Kier molecular flexibility index (Phi) is 6.87. The number of hydrogen-bond acceptors (Lipinski definition) is 3. The number of hydrogen-bond donors (Lipinski definition) is 0. The van der Waals surface area contributed by atoms with E-state index in [0.717, 1.165) is 0 Å². The summed E-state index contributed by atoms with van der Waals surface area (Å²) in [5, 5.41) is 0. The van der Waals surface area contributed by atoms with Crippen molar-refractivity contribution < 1.29 is 13.6 Å². The number of rotatable bonds is 8. The van der Waals surface area contributed by atoms with E-state index in [4.69, 9.17) is 0 Å². The summed E-state index contributed by atoms with van der Waals surface area (Å²) in [6.07, 6.45) is 0.346. The second kappa shape index (κ2) is 8.17. The third-order valence-corrected chi connectivity index (χ3v) is 3.44. The van der Waals surface area contributed by atoms with Gasteiger partial charge >= 0.3 is 0 Å². The van der Waals surface area contributed by atoms with Crippen LogP contribution in [0.15, 0.2) is 17.1 Å². The molecule has 0 aromatic carbocycles. The van der Waals surface area contributed by atoms with Crippen LogP contribution in [0.4, 0.5) is 8.78 Å². The zero-order chi connectivity index (χ0) is 16.9. The number of halogens is 2. The fourth-order valence-electron chi connectivity index (χ4n) is 2.29. The quantitative estimate of drug-likeness (QED) is 0.693. The molecular formula is C16H24F2N2O2. The predicted octanol–water partition coefficient (Wildman–Crippen LogP) is 2.68. The van der Waals surface area contributed by atoms with Gasteiger partial charge in [0.15, 0.2) is 0 Å². The van der Waals surface area contributed by atoms with Crippen LogP contribution in [0.5, 0.6) is 0 Å². The number of carbonyl (C=O) groups excluding carboxylic acids is 1. The summed E-state index contributed by atoms with van der Waals surface area (Å²) in [5.41, 5.74) is -0.674. The summed E-state index contributed by atoms with van der Waals surface area (Å²) in [7, 11) is 3.77. The molecule has 0 radical (unpaired) electrons. The van der Waals surface area contributed by atoms with E-state index in [1.807, 2.05) is 32.8 Å². The molecule has 1 heterocycles. The van der Waals surface area contributed by atoms with Crippen LogP contribution in [-0.2, 0) is 11.2 Å². The molecule has 6 heteroatoms. The van der Waals surface area contributed by atoms with Crippen molar-refractivity contribution in [2.24, 2.45) is 5.92 Å². The topological polar surface area (TPSA) is 42.3 Å². The molecule has 0 fully saturated rings. The van der Waals surface area contributed by atoms with E-state index in [9.17, 15) is 18.4 Å². The molecule has 0 N–H and O–H groups in total. The van der Waals surface area contributed by atoms with Crippen molar-refractivity contribution >= 4 is 6.29 Å². The number of likely N-dealkylation sites (N-methyl/N-ethyl adjacent to an activating group) is 1. The molecule has 0 saturated heterocycles. The van der Waals surface area contributed by atoms with E-state index in [1.165, 1.54) is 10.6 Å². The summed E-state index contributed by atoms with van der Waals surface area (Å²) < 4.78 is 27.4. The lowest BCUT2D eigenvalue weighted by Gasteiger charge is -2.19. The molecule has 1 aromatic heterocycles. The van der Waals surface area contributed by atoms with Crippen molar-refractivity contribution in [2.75, 3.05) is 20.6 Å². The number of carbonyl (C=O) groups is 1. The summed E-state index contributed by atoms with van der Waals surface area (Å²) in [4.78, 5) is 25.4. The SMILES string of the molecule is CC(C)CC(C=O)n1cc(CCN(C)C)cc(C(F)F)c1=O. The number of alkyl halides is 2. The van der Waals surface area contributed by atoms with E-state index >= 15 is 0 Å². The molecule has 0 aliphatic heterocycles. The van der Waals surface area contributed by atoms with Gasteiger partial charge in [-0.2, -0.15) is 0 Å². The van der Waals surface area contributed by atoms with E-state index < -0.39 is 23.6 Å². The summed E-state index contributed by atoms with van der Waals surface area (Å²) in [6.45, 7) is 4.52. The standard InChI is InChI=1S/C16H24F2N2O2/c1-11(2)7-13(10-21)20-9-12(5-6-19(3)4)8-14(15(17)18)16(20)22/h8-11,13,15H,5-7H2,1-4H3. The van der Waals surface area contributed by atoms with Gasteiger partial charge in [0, 0.05) is 12.7 Å². The molecule has 1 rings (SSSR count). The van der Waals surface area contributed by atoms with Crippen LogP contribution in [0.3, 0.4) is 0 Å². The van der Waals surface area contributed by atoms with Crippen molar-refractivity contribution in [3.05, 3.63) is 33.7 Å². The minimum atomic E-state index is -2.84. The molecular weight excluding hydrogens is 290 g/mol. The van der Waals surface area contributed by atoms with Gasteiger partial charge in [0.25, 0.3) is 12.0 Å². The first-order valence-corrected chi connectivity index (χ1v) is 7.39. The second-order valence-electron chi connectivity index (χ2n) is 6.20. The highest BCUT2D eigenvalue weighted by Gasteiger charge is 2.20. The van der Waals surface area contributed by atoms with Crippen LogP contribution in [0.1, 0.15) is 43.9 Å². The maximum absolute atomic E-state index is 13.1. The van der Waals surface area contributed by atoms with E-state index in [2.05, 4.69) is 0 Å². The molecule has 0 spiro atoms. The average Bonchev–Trinajstić information content (AvgIpc) is 2.43. The third kappa shape index (κ3) is 5.02. The molecule has 0 aliphatic carbocycles. The second-order valence-corrected chi connectivity index (χ2v) is 6.20. The van der Waals surface area contributed by atoms with Gasteiger partial charge in [-0.05, 0) is 44.5 Å². The highest BCUT2D eigenvalue weighted by molar-refractivity contribution is 5.56. The van der Waals surface area contributed by atoms with Gasteiger partial charge in [0.1, 0.15) is 6.29 Å². The van der Waals surface area contributed by atoms with Crippen LogP contribution < -0.4 is 5.56 Å². The fraction of sp³-hybridized carbons (Fsp3) is 0.625. The molecule has 124 valence electrons. The van der Waals surface area contributed by atoms with Crippen LogP contribution in [0.2, 0.25) is 0 Å². The molecule has 0 aliphatic rings. The van der Waals surface area contributed by atoms with Gasteiger partial charge in [-0.25, -0.2) is 8.78 Å². The zero-order valence-electron chi connectivity index (χ0n) is 13.6. The third-order valence-electron chi connectivity index (χ3n) is 3.44. The lowest BCUT2D eigenvalue weighted by Crippen LogP contribution is -2.30. The molecule has 4 nitrogen and oxygen atoms in total. The van der Waals surface area contributed by atoms with Crippen molar-refractivity contribution in [2.45, 2.75) is 39.2 Å². The number of aldehydes is 1. The van der Waals surface area contributed by atoms with Crippen molar-refractivity contribution in [1.82, 2.24) is 9.47 Å². The Hall–Kier alpha value is -1.56. The van der Waals surface area contributed by atoms with Gasteiger partial charge in [-0.1, -0.05) is 13.8 Å². The summed E-state index contributed by atoms with van der Waals surface area (Å²) in [6, 6.07) is 0.550. The molecule has 22 heavy (non-hydrogen) atoms. The molecule has 0 bridgehead atoms. The molecule has 1 aromatic rings. The van der Waals surface area contributed by atoms with Gasteiger partial charge in [0.05, 0.1) is 11.6 Å². The lowest BCUT2D eigenvalue weighted by molar-refractivity contribution is -0.111. The highest BCUT2D eigenvalue weighted by atomic mass is 19.3. The number of aromatic nitrogens is 1. The van der Waals surface area contributed by atoms with Crippen LogP contribution >= 0.6 is 0 Å². The first kappa shape index (κ1) is 18.5. The Labute approximate surface area is 129 Å². The number of nitrogens with zero attached hydrogens (tertiary/aromatic N) is 2. The van der Waals surface area contributed by atoms with Gasteiger partial charge in [0.2, 0.25) is 0 Å². The maximum atomic E-state index is 13.1. The smallest absolute Gasteiger partial charge is 0.269 e. The monoisotopic (exact) mass is 314 g/mol. The molecule has 0 saturated carbocycles. The lowest BCUT2D eigenvalue weighted by atomic mass is 10.0. The Morgan fingerprint density at radius 1 is 1.32 bits per heavy atom. The highest BCUT2D eigenvalue weighted by Crippen LogP contribution is 2.20. The van der Waals surface area contributed by atoms with Gasteiger partial charge < -0.3 is 14.3 Å². The average molecular weight is 314 g/mol. The Morgan fingerprint density at radius 2 is 1.95 bits per heavy atom. The summed E-state index contributed by atoms with van der Waals surface area (Å²) >= 11 is 0. The van der Waals surface area contributed by atoms with Crippen molar-refractivity contribution in [3.63, 3.8) is 0 Å². The van der Waals surface area contributed by atoms with Crippen molar-refractivity contribution in [3.8, 4) is 0 Å². The van der Waals surface area contributed by atoms with Crippen LogP contribution in [0.25, 0.3) is 0 Å². The maximum Gasteiger partial charge on any atom is 0.269 e. The molecule has 1 atom stereocenters. The minimum absolute atomic E-state index is 0.183. The largest absolute Gasteiger partial charge is 0.309 e. The fourth-order valence-corrected chi connectivity index (χ4v) is 2.29. The van der Waals surface area contributed by atoms with Crippen molar-refractivity contribution in [1.29, 1.82) is 0 Å². The van der Waals surface area contributed by atoms with Crippen LogP contribution in [0, 0.1) is 5.92 Å². The van der Waals surface area contributed by atoms with E-state index in [-0.39, 0.29) is 5.92 Å². The van der Waals surface area contributed by atoms with E-state index in [1.54, 1.807) is 6.20 Å². The van der Waals surface area contributed by atoms with Crippen LogP contribution in [-0.4, -0.2) is 36.4 Å². The van der Waals surface area contributed by atoms with Gasteiger partial charge in [-0.3, -0.25) is 4.79 Å². The minimum Gasteiger partial charge on any atom is -0.309 e. The Balaban J connectivity index is 3.28. The van der Waals surface area contributed by atoms with Gasteiger partial charge in [-0.15, -0.1) is 0 Å². The first-order chi connectivity index (χ1) is 10.3. The zero-order valence-corrected chi connectivity index (χ0v) is 13.6. The molecule has 0 amide bonds. The first-order valence-electron chi connectivity index (χ1n) is 7.39. The Morgan fingerprint density at radius 3 is 2.41 bits per heavy atom. The number of pyridine rings is 1. The normalized spacial score (nSPS) is 13.1. The Bertz CT molecular complexity index is 554. The van der Waals surface area contributed by atoms with E-state index in [0.29, 0.717) is 31.2 Å². The summed E-state index contributed by atoms with van der Waals surface area (Å²) in [5.74, 6) is 0.183. The predicted molar refractivity (Wildman–Crippen MR) is 82.5 cm³/mol.